The summed E-state index contributed by atoms with van der Waals surface area (Å²) in [4.78, 5) is 12.8. The first-order valence-electron chi connectivity index (χ1n) is 11.5. The zero-order valence-electron chi connectivity index (χ0n) is 19.0. The van der Waals surface area contributed by atoms with Crippen LogP contribution in [-0.4, -0.2) is 31.3 Å². The van der Waals surface area contributed by atoms with Crippen molar-refractivity contribution >= 4 is 17.3 Å². The SMILES string of the molecule is CCC(C)c1ccccc1NC(=O)C(C)Nc1cccc(COCC2CCCCO2)c1. The van der Waals surface area contributed by atoms with Gasteiger partial charge in [-0.25, -0.2) is 0 Å². The maximum atomic E-state index is 12.8. The number of amides is 1. The fourth-order valence-electron chi connectivity index (χ4n) is 3.81. The van der Waals surface area contributed by atoms with Crippen molar-refractivity contribution in [2.24, 2.45) is 0 Å². The number of para-hydroxylation sites is 1. The second-order valence-electron chi connectivity index (χ2n) is 8.46. The Hall–Kier alpha value is -2.37. The zero-order valence-corrected chi connectivity index (χ0v) is 19.0. The van der Waals surface area contributed by atoms with E-state index in [2.05, 4.69) is 30.5 Å². The van der Waals surface area contributed by atoms with E-state index in [0.29, 0.717) is 19.1 Å². The van der Waals surface area contributed by atoms with Gasteiger partial charge in [0.1, 0.15) is 6.04 Å². The molecule has 1 fully saturated rings. The van der Waals surface area contributed by atoms with E-state index < -0.39 is 0 Å². The van der Waals surface area contributed by atoms with Crippen molar-refractivity contribution in [3.63, 3.8) is 0 Å². The molecule has 1 amide bonds. The average Bonchev–Trinajstić information content (AvgIpc) is 2.80. The van der Waals surface area contributed by atoms with Gasteiger partial charge in [-0.2, -0.15) is 0 Å². The second-order valence-corrected chi connectivity index (χ2v) is 8.46. The van der Waals surface area contributed by atoms with Crippen molar-refractivity contribution in [2.75, 3.05) is 23.8 Å². The fraction of sp³-hybridized carbons (Fsp3) is 0.500. The lowest BCUT2D eigenvalue weighted by Gasteiger charge is -2.22. The van der Waals surface area contributed by atoms with Crippen molar-refractivity contribution in [2.45, 2.75) is 71.1 Å². The Morgan fingerprint density at radius 2 is 2.00 bits per heavy atom. The molecule has 5 nitrogen and oxygen atoms in total. The number of carbonyl (C=O) groups is 1. The molecule has 3 rings (SSSR count). The molecule has 0 aromatic heterocycles. The molecule has 168 valence electrons. The van der Waals surface area contributed by atoms with E-state index in [1.54, 1.807) is 0 Å². The summed E-state index contributed by atoms with van der Waals surface area (Å²) in [7, 11) is 0. The first-order valence-corrected chi connectivity index (χ1v) is 11.5. The highest BCUT2D eigenvalue weighted by atomic mass is 16.5. The molecule has 1 heterocycles. The molecule has 1 aliphatic heterocycles. The Bertz CT molecular complexity index is 833. The molecule has 31 heavy (non-hydrogen) atoms. The van der Waals surface area contributed by atoms with Crippen LogP contribution in [0.25, 0.3) is 0 Å². The first kappa shape index (κ1) is 23.3. The molecular weight excluding hydrogens is 388 g/mol. The topological polar surface area (TPSA) is 59.6 Å². The maximum absolute atomic E-state index is 12.8. The number of nitrogens with one attached hydrogen (secondary N) is 2. The lowest BCUT2D eigenvalue weighted by Crippen LogP contribution is -2.32. The van der Waals surface area contributed by atoms with Gasteiger partial charge in [0, 0.05) is 18.0 Å². The van der Waals surface area contributed by atoms with E-state index >= 15 is 0 Å². The van der Waals surface area contributed by atoms with Gasteiger partial charge in [-0.3, -0.25) is 4.79 Å². The molecule has 5 heteroatoms. The molecule has 2 aromatic rings. The molecule has 0 saturated carbocycles. The highest BCUT2D eigenvalue weighted by Crippen LogP contribution is 2.26. The van der Waals surface area contributed by atoms with Crippen molar-refractivity contribution in [1.82, 2.24) is 0 Å². The molecule has 2 aromatic carbocycles. The third-order valence-electron chi connectivity index (χ3n) is 5.91. The van der Waals surface area contributed by atoms with Crippen LogP contribution < -0.4 is 10.6 Å². The Morgan fingerprint density at radius 1 is 1.16 bits per heavy atom. The van der Waals surface area contributed by atoms with Crippen LogP contribution in [0.4, 0.5) is 11.4 Å². The van der Waals surface area contributed by atoms with Gasteiger partial charge in [0.25, 0.3) is 0 Å². The summed E-state index contributed by atoms with van der Waals surface area (Å²) in [5.74, 6) is 0.349. The molecular formula is C26H36N2O3. The van der Waals surface area contributed by atoms with Gasteiger partial charge in [0.15, 0.2) is 0 Å². The summed E-state index contributed by atoms with van der Waals surface area (Å²) in [6, 6.07) is 15.7. The standard InChI is InChI=1S/C26H36N2O3/c1-4-19(2)24-13-5-6-14-25(24)28-26(29)20(3)27-22-11-9-10-21(16-22)17-30-18-23-12-7-8-15-31-23/h5-6,9-11,13-14,16,19-20,23,27H,4,7-8,12,15,17-18H2,1-3H3,(H,28,29). The summed E-state index contributed by atoms with van der Waals surface area (Å²) in [5.41, 5.74) is 4.05. The zero-order chi connectivity index (χ0) is 22.1. The predicted molar refractivity (Wildman–Crippen MR) is 127 cm³/mol. The first-order chi connectivity index (χ1) is 15.1. The minimum absolute atomic E-state index is 0.0492. The normalized spacial score (nSPS) is 18.2. The Kier molecular flexibility index (Phi) is 8.92. The summed E-state index contributed by atoms with van der Waals surface area (Å²) in [6.07, 6.45) is 4.70. The molecule has 0 radical (unpaired) electrons. The van der Waals surface area contributed by atoms with Crippen LogP contribution >= 0.6 is 0 Å². The molecule has 3 unspecified atom stereocenters. The van der Waals surface area contributed by atoms with Crippen LogP contribution in [0.3, 0.4) is 0 Å². The van der Waals surface area contributed by atoms with E-state index in [-0.39, 0.29) is 18.1 Å². The van der Waals surface area contributed by atoms with Crippen molar-refractivity contribution in [3.8, 4) is 0 Å². The average molecular weight is 425 g/mol. The van der Waals surface area contributed by atoms with Gasteiger partial charge in [0.2, 0.25) is 5.91 Å². The van der Waals surface area contributed by atoms with Gasteiger partial charge < -0.3 is 20.1 Å². The van der Waals surface area contributed by atoms with Crippen LogP contribution in [-0.2, 0) is 20.9 Å². The van der Waals surface area contributed by atoms with Gasteiger partial charge >= 0.3 is 0 Å². The molecule has 1 aliphatic rings. The smallest absolute Gasteiger partial charge is 0.246 e. The van der Waals surface area contributed by atoms with Crippen LogP contribution in [0.2, 0.25) is 0 Å². The van der Waals surface area contributed by atoms with Crippen LogP contribution in [0.5, 0.6) is 0 Å². The molecule has 1 saturated heterocycles. The maximum Gasteiger partial charge on any atom is 0.246 e. The molecule has 0 bridgehead atoms. The fourth-order valence-corrected chi connectivity index (χ4v) is 3.81. The summed E-state index contributed by atoms with van der Waals surface area (Å²) < 4.78 is 11.6. The number of rotatable bonds is 10. The predicted octanol–water partition coefficient (Wildman–Crippen LogP) is 5.72. The lowest BCUT2D eigenvalue weighted by molar-refractivity contribution is -0.116. The Labute approximate surface area is 186 Å². The van der Waals surface area contributed by atoms with Crippen molar-refractivity contribution < 1.29 is 14.3 Å². The highest BCUT2D eigenvalue weighted by molar-refractivity contribution is 5.96. The van der Waals surface area contributed by atoms with E-state index in [4.69, 9.17) is 9.47 Å². The van der Waals surface area contributed by atoms with Crippen LogP contribution in [0.15, 0.2) is 48.5 Å². The number of benzene rings is 2. The summed E-state index contributed by atoms with van der Waals surface area (Å²) >= 11 is 0. The van der Waals surface area contributed by atoms with Gasteiger partial charge in [-0.15, -0.1) is 0 Å². The molecule has 0 spiro atoms. The van der Waals surface area contributed by atoms with Crippen molar-refractivity contribution in [3.05, 3.63) is 59.7 Å². The van der Waals surface area contributed by atoms with Crippen LogP contribution in [0, 0.1) is 0 Å². The van der Waals surface area contributed by atoms with Gasteiger partial charge in [-0.1, -0.05) is 44.2 Å². The number of hydrogen-bond donors (Lipinski definition) is 2. The third-order valence-corrected chi connectivity index (χ3v) is 5.91. The number of anilines is 2. The van der Waals surface area contributed by atoms with Crippen LogP contribution in [0.1, 0.15) is 63.5 Å². The van der Waals surface area contributed by atoms with E-state index in [9.17, 15) is 4.79 Å². The summed E-state index contributed by atoms with van der Waals surface area (Å²) in [5, 5.41) is 6.40. The number of hydrogen-bond acceptors (Lipinski definition) is 4. The van der Waals surface area contributed by atoms with Gasteiger partial charge in [-0.05, 0) is 67.9 Å². The lowest BCUT2D eigenvalue weighted by atomic mass is 9.97. The quantitative estimate of drug-likeness (QED) is 0.512. The number of carbonyl (C=O) groups excluding carboxylic acids is 1. The Balaban J connectivity index is 1.52. The second kappa shape index (κ2) is 11.9. The summed E-state index contributed by atoms with van der Waals surface area (Å²) in [6.45, 7) is 8.23. The number of ether oxygens (including phenoxy) is 2. The molecule has 3 atom stereocenters. The molecule has 0 aliphatic carbocycles. The van der Waals surface area contributed by atoms with Crippen molar-refractivity contribution in [1.29, 1.82) is 0 Å². The largest absolute Gasteiger partial charge is 0.376 e. The van der Waals surface area contributed by atoms with E-state index in [1.807, 2.05) is 49.4 Å². The van der Waals surface area contributed by atoms with Gasteiger partial charge in [0.05, 0.1) is 19.3 Å². The molecule has 2 N–H and O–H groups in total. The van der Waals surface area contributed by atoms with E-state index in [0.717, 1.165) is 42.8 Å². The minimum atomic E-state index is -0.364. The third kappa shape index (κ3) is 7.08. The monoisotopic (exact) mass is 424 g/mol. The highest BCUT2D eigenvalue weighted by Gasteiger charge is 2.17. The Morgan fingerprint density at radius 3 is 2.77 bits per heavy atom. The van der Waals surface area contributed by atoms with E-state index in [1.165, 1.54) is 12.0 Å². The minimum Gasteiger partial charge on any atom is -0.376 e.